The van der Waals surface area contributed by atoms with E-state index >= 15 is 0 Å². The summed E-state index contributed by atoms with van der Waals surface area (Å²) in [6.07, 6.45) is 0. The molecule has 1 fully saturated rings. The van der Waals surface area contributed by atoms with Crippen LogP contribution in [0.5, 0.6) is 5.75 Å². The molecule has 0 aliphatic carbocycles. The molecule has 1 aliphatic rings. The summed E-state index contributed by atoms with van der Waals surface area (Å²) in [5.74, 6) is 0.836. The molecule has 3 aromatic carbocycles. The number of anilines is 1. The third kappa shape index (κ3) is 5.74. The Bertz CT molecular complexity index is 1070. The Hall–Kier alpha value is -3.31. The number of hydrogen-bond donors (Lipinski definition) is 2. The topological polar surface area (TPSA) is 53.6 Å². The molecule has 5 nitrogen and oxygen atoms in total. The summed E-state index contributed by atoms with van der Waals surface area (Å²) in [6, 6.07) is 24.5. The lowest BCUT2D eigenvalue weighted by Crippen LogP contribution is -2.48. The maximum absolute atomic E-state index is 12.9. The lowest BCUT2D eigenvalue weighted by molar-refractivity contribution is 0.204. The Balaban J connectivity index is 1.56. The first-order valence-electron chi connectivity index (χ1n) is 11.6. The van der Waals surface area contributed by atoms with Crippen LogP contribution in [0.3, 0.4) is 0 Å². The molecular formula is C28H33N3O2. The third-order valence-electron chi connectivity index (χ3n) is 5.87. The molecule has 0 bridgehead atoms. The molecule has 1 heterocycles. The van der Waals surface area contributed by atoms with E-state index in [0.717, 1.165) is 59.9 Å². The normalized spacial score (nSPS) is 14.1. The van der Waals surface area contributed by atoms with Gasteiger partial charge in [0, 0.05) is 31.9 Å². The SMILES string of the molecule is CC(C)(C)c1c(NC(=O)N2CCNCC2)cccc1-c1ccc(OCc2ccccc2)cc1. The molecule has 0 spiro atoms. The van der Waals surface area contributed by atoms with E-state index in [0.29, 0.717) is 6.61 Å². The number of ether oxygens (including phenoxy) is 1. The standard InChI is InChI=1S/C28H33N3O2/c1-28(2,3)26-24(10-7-11-25(26)30-27(32)31-18-16-29-17-19-31)22-12-14-23(15-13-22)33-20-21-8-5-4-6-9-21/h4-15,29H,16-20H2,1-3H3,(H,30,32). The van der Waals surface area contributed by atoms with Crippen molar-refractivity contribution in [2.24, 2.45) is 0 Å². The number of nitrogens with one attached hydrogen (secondary N) is 2. The molecule has 5 heteroatoms. The summed E-state index contributed by atoms with van der Waals surface area (Å²) in [5, 5.41) is 6.47. The van der Waals surface area contributed by atoms with Crippen molar-refractivity contribution in [3.63, 3.8) is 0 Å². The lowest BCUT2D eigenvalue weighted by Gasteiger charge is -2.30. The van der Waals surface area contributed by atoms with Crippen molar-refractivity contribution in [2.45, 2.75) is 32.8 Å². The second-order valence-corrected chi connectivity index (χ2v) is 9.44. The number of amides is 2. The highest BCUT2D eigenvalue weighted by Crippen LogP contribution is 2.39. The van der Waals surface area contributed by atoms with Gasteiger partial charge in [0.25, 0.3) is 0 Å². The number of rotatable bonds is 5. The number of benzene rings is 3. The fourth-order valence-electron chi connectivity index (χ4n) is 4.24. The summed E-state index contributed by atoms with van der Waals surface area (Å²) in [7, 11) is 0. The summed E-state index contributed by atoms with van der Waals surface area (Å²) in [5.41, 5.74) is 5.22. The molecule has 4 rings (SSSR count). The minimum absolute atomic E-state index is 0.0381. The Kier molecular flexibility index (Phi) is 6.99. The molecule has 2 amide bonds. The van der Waals surface area contributed by atoms with Crippen LogP contribution < -0.4 is 15.4 Å². The van der Waals surface area contributed by atoms with Crippen LogP contribution in [0.25, 0.3) is 11.1 Å². The maximum Gasteiger partial charge on any atom is 0.321 e. The zero-order valence-corrected chi connectivity index (χ0v) is 19.7. The average Bonchev–Trinajstić information content (AvgIpc) is 2.83. The first-order valence-corrected chi connectivity index (χ1v) is 11.6. The van der Waals surface area contributed by atoms with Crippen molar-refractivity contribution in [1.29, 1.82) is 0 Å². The highest BCUT2D eigenvalue weighted by molar-refractivity contribution is 5.92. The van der Waals surface area contributed by atoms with Gasteiger partial charge in [-0.05, 0) is 45.9 Å². The molecule has 1 aliphatic heterocycles. The molecule has 33 heavy (non-hydrogen) atoms. The molecule has 0 unspecified atom stereocenters. The summed E-state index contributed by atoms with van der Waals surface area (Å²) < 4.78 is 5.96. The Morgan fingerprint density at radius 1 is 0.939 bits per heavy atom. The smallest absolute Gasteiger partial charge is 0.321 e. The maximum atomic E-state index is 12.9. The second kappa shape index (κ2) is 10.1. The van der Waals surface area contributed by atoms with E-state index in [1.807, 2.05) is 47.4 Å². The van der Waals surface area contributed by atoms with Gasteiger partial charge in [-0.1, -0.05) is 75.4 Å². The molecule has 0 aromatic heterocycles. The van der Waals surface area contributed by atoms with E-state index in [2.05, 4.69) is 61.7 Å². The van der Waals surface area contributed by atoms with Crippen molar-refractivity contribution < 1.29 is 9.53 Å². The number of nitrogens with zero attached hydrogens (tertiary/aromatic N) is 1. The van der Waals surface area contributed by atoms with E-state index in [-0.39, 0.29) is 11.4 Å². The van der Waals surface area contributed by atoms with Crippen LogP contribution in [-0.2, 0) is 12.0 Å². The largest absolute Gasteiger partial charge is 0.489 e. The number of carbonyl (C=O) groups is 1. The van der Waals surface area contributed by atoms with Gasteiger partial charge in [0.15, 0.2) is 0 Å². The van der Waals surface area contributed by atoms with Gasteiger partial charge in [0.1, 0.15) is 12.4 Å². The van der Waals surface area contributed by atoms with E-state index in [1.165, 1.54) is 0 Å². The summed E-state index contributed by atoms with van der Waals surface area (Å²) in [6.45, 7) is 10.2. The Labute approximate surface area is 196 Å². The highest BCUT2D eigenvalue weighted by atomic mass is 16.5. The number of carbonyl (C=O) groups excluding carboxylic acids is 1. The molecule has 0 atom stereocenters. The van der Waals surface area contributed by atoms with Crippen LogP contribution in [-0.4, -0.2) is 37.1 Å². The monoisotopic (exact) mass is 443 g/mol. The van der Waals surface area contributed by atoms with E-state index in [9.17, 15) is 4.79 Å². The van der Waals surface area contributed by atoms with Gasteiger partial charge < -0.3 is 20.3 Å². The van der Waals surface area contributed by atoms with Crippen molar-refractivity contribution in [3.05, 3.63) is 83.9 Å². The van der Waals surface area contributed by atoms with Crippen molar-refractivity contribution in [3.8, 4) is 16.9 Å². The van der Waals surface area contributed by atoms with Crippen LogP contribution in [0, 0.1) is 0 Å². The zero-order chi connectivity index (χ0) is 23.3. The third-order valence-corrected chi connectivity index (χ3v) is 5.87. The van der Waals surface area contributed by atoms with Gasteiger partial charge in [-0.25, -0.2) is 4.79 Å². The molecule has 0 saturated carbocycles. The van der Waals surface area contributed by atoms with Gasteiger partial charge in [-0.3, -0.25) is 0 Å². The van der Waals surface area contributed by atoms with Gasteiger partial charge >= 0.3 is 6.03 Å². The highest BCUT2D eigenvalue weighted by Gasteiger charge is 2.25. The second-order valence-electron chi connectivity index (χ2n) is 9.44. The predicted molar refractivity (Wildman–Crippen MR) is 135 cm³/mol. The van der Waals surface area contributed by atoms with Crippen LogP contribution in [0.4, 0.5) is 10.5 Å². The summed E-state index contributed by atoms with van der Waals surface area (Å²) in [4.78, 5) is 14.8. The molecule has 172 valence electrons. The lowest BCUT2D eigenvalue weighted by atomic mass is 9.80. The molecule has 1 saturated heterocycles. The van der Waals surface area contributed by atoms with E-state index in [1.54, 1.807) is 0 Å². The fourth-order valence-corrected chi connectivity index (χ4v) is 4.24. The van der Waals surface area contributed by atoms with E-state index < -0.39 is 0 Å². The molecule has 3 aromatic rings. The minimum atomic E-state index is -0.148. The van der Waals surface area contributed by atoms with Crippen LogP contribution in [0.1, 0.15) is 31.9 Å². The van der Waals surface area contributed by atoms with Crippen LogP contribution >= 0.6 is 0 Å². The number of urea groups is 1. The average molecular weight is 444 g/mol. The Morgan fingerprint density at radius 2 is 1.64 bits per heavy atom. The van der Waals surface area contributed by atoms with Gasteiger partial charge in [0.2, 0.25) is 0 Å². The molecule has 0 radical (unpaired) electrons. The van der Waals surface area contributed by atoms with Crippen LogP contribution in [0.2, 0.25) is 0 Å². The minimum Gasteiger partial charge on any atom is -0.489 e. The Morgan fingerprint density at radius 3 is 2.30 bits per heavy atom. The van der Waals surface area contributed by atoms with Crippen LogP contribution in [0.15, 0.2) is 72.8 Å². The zero-order valence-electron chi connectivity index (χ0n) is 19.7. The van der Waals surface area contributed by atoms with Gasteiger partial charge in [-0.2, -0.15) is 0 Å². The predicted octanol–water partition coefficient (Wildman–Crippen LogP) is 5.67. The molecular weight excluding hydrogens is 410 g/mol. The fraction of sp³-hybridized carbons (Fsp3) is 0.321. The van der Waals surface area contributed by atoms with Gasteiger partial charge in [-0.15, -0.1) is 0 Å². The number of hydrogen-bond acceptors (Lipinski definition) is 3. The quantitative estimate of drug-likeness (QED) is 0.534. The van der Waals surface area contributed by atoms with Crippen molar-refractivity contribution >= 4 is 11.7 Å². The first-order chi connectivity index (χ1) is 15.9. The van der Waals surface area contributed by atoms with Crippen molar-refractivity contribution in [2.75, 3.05) is 31.5 Å². The van der Waals surface area contributed by atoms with Crippen molar-refractivity contribution in [1.82, 2.24) is 10.2 Å². The van der Waals surface area contributed by atoms with E-state index in [4.69, 9.17) is 4.74 Å². The van der Waals surface area contributed by atoms with Gasteiger partial charge in [0.05, 0.1) is 0 Å². The summed E-state index contributed by atoms with van der Waals surface area (Å²) >= 11 is 0. The first kappa shape index (κ1) is 22.9. The molecule has 2 N–H and O–H groups in total. The number of piperazine rings is 1.